The summed E-state index contributed by atoms with van der Waals surface area (Å²) in [6.07, 6.45) is 0. The SMILES string of the molecule is O=C(C[N+](=O)[O-])c1ccccc1NCc1ccccc1. The monoisotopic (exact) mass is 270 g/mol. The lowest BCUT2D eigenvalue weighted by molar-refractivity contribution is -0.465. The quantitative estimate of drug-likeness (QED) is 0.497. The van der Waals surface area contributed by atoms with Crippen molar-refractivity contribution in [3.8, 4) is 0 Å². The Hall–Kier alpha value is -2.69. The van der Waals surface area contributed by atoms with E-state index >= 15 is 0 Å². The summed E-state index contributed by atoms with van der Waals surface area (Å²) >= 11 is 0. The molecular weight excluding hydrogens is 256 g/mol. The molecule has 0 spiro atoms. The van der Waals surface area contributed by atoms with Crippen molar-refractivity contribution in [2.24, 2.45) is 0 Å². The predicted molar refractivity (Wildman–Crippen MR) is 76.4 cm³/mol. The number of hydrogen-bond acceptors (Lipinski definition) is 4. The minimum absolute atomic E-state index is 0.347. The number of Topliss-reactive ketones (excluding diaryl/α,β-unsaturated/α-hetero) is 1. The third-order valence-electron chi connectivity index (χ3n) is 2.83. The summed E-state index contributed by atoms with van der Waals surface area (Å²) in [5.74, 6) is -0.494. The van der Waals surface area contributed by atoms with Crippen molar-refractivity contribution in [2.45, 2.75) is 6.54 Å². The van der Waals surface area contributed by atoms with Gasteiger partial charge in [0, 0.05) is 22.7 Å². The van der Waals surface area contributed by atoms with Gasteiger partial charge >= 0.3 is 0 Å². The second-order valence-corrected chi connectivity index (χ2v) is 4.30. The summed E-state index contributed by atoms with van der Waals surface area (Å²) in [7, 11) is 0. The average Bonchev–Trinajstić information content (AvgIpc) is 2.46. The first-order valence-corrected chi connectivity index (χ1v) is 6.18. The Bertz CT molecular complexity index is 612. The first kappa shape index (κ1) is 13.7. The molecule has 1 N–H and O–H groups in total. The van der Waals surface area contributed by atoms with Gasteiger partial charge in [0.15, 0.2) is 0 Å². The zero-order valence-electron chi connectivity index (χ0n) is 10.8. The summed E-state index contributed by atoms with van der Waals surface area (Å²) in [6, 6.07) is 16.6. The van der Waals surface area contributed by atoms with Crippen LogP contribution in [0.15, 0.2) is 54.6 Å². The van der Waals surface area contributed by atoms with E-state index in [-0.39, 0.29) is 0 Å². The molecule has 0 atom stereocenters. The Morgan fingerprint density at radius 1 is 1.05 bits per heavy atom. The van der Waals surface area contributed by atoms with Gasteiger partial charge in [-0.05, 0) is 17.7 Å². The Kier molecular flexibility index (Phi) is 4.44. The molecule has 2 aromatic rings. The number of ketones is 1. The Morgan fingerprint density at radius 2 is 1.70 bits per heavy atom. The molecule has 0 aromatic heterocycles. The molecule has 0 radical (unpaired) electrons. The topological polar surface area (TPSA) is 72.2 Å². The molecule has 0 saturated carbocycles. The zero-order chi connectivity index (χ0) is 14.4. The molecule has 0 aliphatic rings. The molecule has 2 rings (SSSR count). The number of rotatable bonds is 6. The third-order valence-corrected chi connectivity index (χ3v) is 2.83. The van der Waals surface area contributed by atoms with Crippen LogP contribution in [-0.4, -0.2) is 17.3 Å². The van der Waals surface area contributed by atoms with Crippen LogP contribution in [0.4, 0.5) is 5.69 Å². The largest absolute Gasteiger partial charge is 0.380 e. The maximum Gasteiger partial charge on any atom is 0.265 e. The lowest BCUT2D eigenvalue weighted by Gasteiger charge is -2.10. The molecule has 0 fully saturated rings. The number of nitro groups is 1. The van der Waals surface area contributed by atoms with Crippen LogP contribution in [0, 0.1) is 10.1 Å². The van der Waals surface area contributed by atoms with Crippen molar-refractivity contribution in [3.63, 3.8) is 0 Å². The molecule has 0 unspecified atom stereocenters. The highest BCUT2D eigenvalue weighted by atomic mass is 16.6. The van der Waals surface area contributed by atoms with E-state index in [1.807, 2.05) is 30.3 Å². The van der Waals surface area contributed by atoms with Gasteiger partial charge in [-0.25, -0.2) is 0 Å². The molecule has 20 heavy (non-hydrogen) atoms. The van der Waals surface area contributed by atoms with Crippen LogP contribution < -0.4 is 5.32 Å². The highest BCUT2D eigenvalue weighted by Crippen LogP contribution is 2.17. The fraction of sp³-hybridized carbons (Fsp3) is 0.133. The molecule has 0 saturated heterocycles. The molecule has 0 bridgehead atoms. The van der Waals surface area contributed by atoms with Crippen molar-refractivity contribution >= 4 is 11.5 Å². The summed E-state index contributed by atoms with van der Waals surface area (Å²) in [5.41, 5.74) is 2.03. The van der Waals surface area contributed by atoms with Crippen molar-refractivity contribution in [1.82, 2.24) is 0 Å². The average molecular weight is 270 g/mol. The van der Waals surface area contributed by atoms with E-state index < -0.39 is 17.3 Å². The second kappa shape index (κ2) is 6.47. The second-order valence-electron chi connectivity index (χ2n) is 4.30. The number of anilines is 1. The standard InChI is InChI=1S/C15H14N2O3/c18-15(11-17(19)20)13-8-4-5-9-14(13)16-10-12-6-2-1-3-7-12/h1-9,16H,10-11H2. The van der Waals surface area contributed by atoms with Crippen molar-refractivity contribution in [3.05, 3.63) is 75.8 Å². The third kappa shape index (κ3) is 3.65. The normalized spacial score (nSPS) is 10.0. The molecular formula is C15H14N2O3. The van der Waals surface area contributed by atoms with E-state index in [1.54, 1.807) is 24.3 Å². The van der Waals surface area contributed by atoms with Crippen molar-refractivity contribution in [2.75, 3.05) is 11.9 Å². The molecule has 0 amide bonds. The maximum absolute atomic E-state index is 11.8. The highest BCUT2D eigenvalue weighted by molar-refractivity contribution is 6.01. The maximum atomic E-state index is 11.8. The van der Waals surface area contributed by atoms with Crippen LogP contribution in [0.3, 0.4) is 0 Å². The van der Waals surface area contributed by atoms with E-state index in [9.17, 15) is 14.9 Å². The number of carbonyl (C=O) groups excluding carboxylic acids is 1. The molecule has 0 aliphatic carbocycles. The van der Waals surface area contributed by atoms with E-state index in [2.05, 4.69) is 5.32 Å². The summed E-state index contributed by atoms with van der Waals surface area (Å²) in [4.78, 5) is 21.6. The lowest BCUT2D eigenvalue weighted by atomic mass is 10.1. The smallest absolute Gasteiger partial charge is 0.265 e. The molecule has 5 nitrogen and oxygen atoms in total. The van der Waals surface area contributed by atoms with Gasteiger partial charge in [0.1, 0.15) is 0 Å². The van der Waals surface area contributed by atoms with Gasteiger partial charge in [0.2, 0.25) is 5.78 Å². The van der Waals surface area contributed by atoms with E-state index in [4.69, 9.17) is 0 Å². The Labute approximate surface area is 116 Å². The van der Waals surface area contributed by atoms with E-state index in [1.165, 1.54) is 0 Å². The highest BCUT2D eigenvalue weighted by Gasteiger charge is 2.15. The summed E-state index contributed by atoms with van der Waals surface area (Å²) in [5, 5.41) is 13.6. The minimum Gasteiger partial charge on any atom is -0.380 e. The number of carbonyl (C=O) groups is 1. The van der Waals surface area contributed by atoms with Gasteiger partial charge < -0.3 is 5.32 Å². The fourth-order valence-corrected chi connectivity index (χ4v) is 1.88. The minimum atomic E-state index is -0.690. The van der Waals surface area contributed by atoms with Crippen LogP contribution in [0.1, 0.15) is 15.9 Å². The molecule has 2 aromatic carbocycles. The summed E-state index contributed by atoms with van der Waals surface area (Å²) < 4.78 is 0. The van der Waals surface area contributed by atoms with Crippen LogP contribution in [0.5, 0.6) is 0 Å². The van der Waals surface area contributed by atoms with Gasteiger partial charge in [-0.2, -0.15) is 0 Å². The van der Waals surface area contributed by atoms with Crippen LogP contribution in [0.2, 0.25) is 0 Å². The van der Waals surface area contributed by atoms with Gasteiger partial charge in [0.05, 0.1) is 0 Å². The van der Waals surface area contributed by atoms with Crippen molar-refractivity contribution < 1.29 is 9.72 Å². The molecule has 0 aliphatic heterocycles. The molecule has 102 valence electrons. The number of nitrogens with zero attached hydrogens (tertiary/aromatic N) is 1. The Morgan fingerprint density at radius 3 is 2.40 bits per heavy atom. The van der Waals surface area contributed by atoms with Gasteiger partial charge in [-0.3, -0.25) is 14.9 Å². The fourth-order valence-electron chi connectivity index (χ4n) is 1.88. The first-order valence-electron chi connectivity index (χ1n) is 6.18. The zero-order valence-corrected chi connectivity index (χ0v) is 10.8. The Balaban J connectivity index is 2.12. The predicted octanol–water partition coefficient (Wildman–Crippen LogP) is 2.76. The number of nitrogens with one attached hydrogen (secondary N) is 1. The first-order chi connectivity index (χ1) is 9.66. The van der Waals surface area contributed by atoms with Crippen LogP contribution >= 0.6 is 0 Å². The molecule has 5 heteroatoms. The van der Waals surface area contributed by atoms with E-state index in [0.29, 0.717) is 17.8 Å². The van der Waals surface area contributed by atoms with Crippen LogP contribution in [-0.2, 0) is 6.54 Å². The summed E-state index contributed by atoms with van der Waals surface area (Å²) in [6.45, 7) is -0.131. The number of benzene rings is 2. The van der Waals surface area contributed by atoms with E-state index in [0.717, 1.165) is 5.56 Å². The van der Waals surface area contributed by atoms with Gasteiger partial charge in [0.25, 0.3) is 6.54 Å². The van der Waals surface area contributed by atoms with Crippen LogP contribution in [0.25, 0.3) is 0 Å². The number of hydrogen-bond donors (Lipinski definition) is 1. The lowest BCUT2D eigenvalue weighted by Crippen LogP contribution is -2.15. The molecule has 0 heterocycles. The van der Waals surface area contributed by atoms with Crippen molar-refractivity contribution in [1.29, 1.82) is 0 Å². The number of para-hydroxylation sites is 1. The van der Waals surface area contributed by atoms with Gasteiger partial charge in [-0.15, -0.1) is 0 Å². The van der Waals surface area contributed by atoms with Gasteiger partial charge in [-0.1, -0.05) is 42.5 Å².